The summed E-state index contributed by atoms with van der Waals surface area (Å²) in [5.74, 6) is 0.486. The topological polar surface area (TPSA) is 83.7 Å². The number of benzene rings is 1. The Bertz CT molecular complexity index is 697. The van der Waals surface area contributed by atoms with E-state index in [1.54, 1.807) is 24.3 Å². The minimum atomic E-state index is -4.45. The second kappa shape index (κ2) is 5.85. The number of aromatic amines is 1. The van der Waals surface area contributed by atoms with Gasteiger partial charge < -0.3 is 10.6 Å². The highest BCUT2D eigenvalue weighted by Gasteiger charge is 2.43. The van der Waals surface area contributed by atoms with Gasteiger partial charge in [-0.05, 0) is 28.1 Å². The molecule has 0 fully saturated rings. The summed E-state index contributed by atoms with van der Waals surface area (Å²) >= 11 is 0.934. The van der Waals surface area contributed by atoms with Crippen LogP contribution in [0.15, 0.2) is 35.4 Å². The molecular formula is C13H13F3N6S. The Morgan fingerprint density at radius 2 is 2.00 bits per heavy atom. The number of hydrogen-bond acceptors (Lipinski definition) is 6. The molecule has 0 radical (unpaired) electrons. The van der Waals surface area contributed by atoms with Gasteiger partial charge in [0.05, 0.1) is 0 Å². The van der Waals surface area contributed by atoms with E-state index in [4.69, 9.17) is 5.73 Å². The summed E-state index contributed by atoms with van der Waals surface area (Å²) in [6.45, 7) is 1.90. The predicted octanol–water partition coefficient (Wildman–Crippen LogP) is 2.55. The maximum atomic E-state index is 13.1. The molecule has 1 unspecified atom stereocenters. The molecule has 0 spiro atoms. The third-order valence-corrected chi connectivity index (χ3v) is 4.42. The third kappa shape index (κ3) is 3.04. The molecule has 1 aliphatic heterocycles. The van der Waals surface area contributed by atoms with Gasteiger partial charge in [0.15, 0.2) is 5.82 Å². The van der Waals surface area contributed by atoms with Gasteiger partial charge in [-0.15, -0.1) is 5.10 Å². The molecule has 0 saturated heterocycles. The van der Waals surface area contributed by atoms with E-state index in [1.165, 1.54) is 0 Å². The standard InChI is InChI=1S/C13H13F3N6S/c1-7(11-18-20-21-19-11)8-2-4-9(5-3-8)22-10(13(14,15)16)6-23-12(22)17/h2-7,12H,17H2,1H3,(H,18,19,20,21)/t7-,12?/m1/s1. The molecule has 0 aliphatic carbocycles. The maximum Gasteiger partial charge on any atom is 0.432 e. The number of anilines is 1. The third-order valence-electron chi connectivity index (χ3n) is 3.57. The molecule has 0 saturated carbocycles. The summed E-state index contributed by atoms with van der Waals surface area (Å²) < 4.78 is 39.2. The summed E-state index contributed by atoms with van der Waals surface area (Å²) in [4.78, 5) is 1.08. The van der Waals surface area contributed by atoms with Crippen molar-refractivity contribution in [1.82, 2.24) is 20.6 Å². The van der Waals surface area contributed by atoms with Crippen LogP contribution in [-0.2, 0) is 0 Å². The number of nitrogens with zero attached hydrogens (tertiary/aromatic N) is 4. The molecule has 6 nitrogen and oxygen atoms in total. The first-order valence-electron chi connectivity index (χ1n) is 6.69. The van der Waals surface area contributed by atoms with Crippen LogP contribution >= 0.6 is 11.8 Å². The number of rotatable bonds is 3. The summed E-state index contributed by atoms with van der Waals surface area (Å²) in [5.41, 5.74) is 5.49. The van der Waals surface area contributed by atoms with Crippen LogP contribution in [0, 0.1) is 0 Å². The Morgan fingerprint density at radius 3 is 2.57 bits per heavy atom. The Morgan fingerprint density at radius 1 is 1.30 bits per heavy atom. The maximum absolute atomic E-state index is 13.1. The first-order valence-corrected chi connectivity index (χ1v) is 7.63. The van der Waals surface area contributed by atoms with E-state index >= 15 is 0 Å². The Balaban J connectivity index is 1.86. The highest BCUT2D eigenvalue weighted by Crippen LogP contribution is 2.41. The highest BCUT2D eigenvalue weighted by molar-refractivity contribution is 8.03. The Kier molecular flexibility index (Phi) is 4.02. The monoisotopic (exact) mass is 342 g/mol. The van der Waals surface area contributed by atoms with Crippen molar-refractivity contribution in [3.05, 3.63) is 46.8 Å². The van der Waals surface area contributed by atoms with Crippen LogP contribution in [0.25, 0.3) is 0 Å². The van der Waals surface area contributed by atoms with Crippen molar-refractivity contribution in [2.24, 2.45) is 5.73 Å². The van der Waals surface area contributed by atoms with E-state index < -0.39 is 17.4 Å². The summed E-state index contributed by atoms with van der Waals surface area (Å²) in [5, 5.41) is 14.6. The Hall–Kier alpha value is -2.07. The fourth-order valence-corrected chi connectivity index (χ4v) is 3.18. The van der Waals surface area contributed by atoms with Gasteiger partial charge in [0.1, 0.15) is 11.2 Å². The number of aromatic nitrogens is 4. The first kappa shape index (κ1) is 15.8. The summed E-state index contributed by atoms with van der Waals surface area (Å²) in [7, 11) is 0. The summed E-state index contributed by atoms with van der Waals surface area (Å²) in [6.07, 6.45) is -4.45. The van der Waals surface area contributed by atoms with Crippen molar-refractivity contribution in [3.8, 4) is 0 Å². The molecule has 2 atom stereocenters. The van der Waals surface area contributed by atoms with Crippen molar-refractivity contribution < 1.29 is 13.2 Å². The lowest BCUT2D eigenvalue weighted by Gasteiger charge is -2.27. The number of tetrazole rings is 1. The molecule has 2 heterocycles. The number of halogens is 3. The van der Waals surface area contributed by atoms with Crippen molar-refractivity contribution in [1.29, 1.82) is 0 Å². The van der Waals surface area contributed by atoms with Crippen LogP contribution in [-0.4, -0.2) is 32.3 Å². The van der Waals surface area contributed by atoms with Crippen LogP contribution < -0.4 is 10.6 Å². The lowest BCUT2D eigenvalue weighted by atomic mass is 10.0. The molecule has 3 rings (SSSR count). The molecule has 122 valence electrons. The van der Waals surface area contributed by atoms with Gasteiger partial charge in [0, 0.05) is 17.0 Å². The van der Waals surface area contributed by atoms with E-state index in [1.807, 2.05) is 6.92 Å². The van der Waals surface area contributed by atoms with Crippen LogP contribution in [0.4, 0.5) is 18.9 Å². The van der Waals surface area contributed by atoms with Gasteiger partial charge in [0.25, 0.3) is 0 Å². The number of allylic oxidation sites excluding steroid dienone is 1. The fraction of sp³-hybridized carbons (Fsp3) is 0.308. The van der Waals surface area contributed by atoms with Crippen molar-refractivity contribution in [3.63, 3.8) is 0 Å². The van der Waals surface area contributed by atoms with E-state index in [9.17, 15) is 13.2 Å². The zero-order valence-corrected chi connectivity index (χ0v) is 12.8. The molecule has 1 aromatic heterocycles. The number of alkyl halides is 3. The average Bonchev–Trinajstić information content (AvgIpc) is 3.15. The molecule has 1 aromatic carbocycles. The van der Waals surface area contributed by atoms with Gasteiger partial charge in [-0.1, -0.05) is 30.8 Å². The smallest absolute Gasteiger partial charge is 0.311 e. The lowest BCUT2D eigenvalue weighted by molar-refractivity contribution is -0.0929. The fourth-order valence-electron chi connectivity index (χ4n) is 2.31. The normalized spacial score (nSPS) is 19.8. The highest BCUT2D eigenvalue weighted by atomic mass is 32.2. The largest absolute Gasteiger partial charge is 0.432 e. The quantitative estimate of drug-likeness (QED) is 0.892. The Labute approximate surface area is 133 Å². The second-order valence-electron chi connectivity index (χ2n) is 5.00. The lowest BCUT2D eigenvalue weighted by Crippen LogP contribution is -2.39. The zero-order valence-electron chi connectivity index (χ0n) is 11.9. The SMILES string of the molecule is C[C@H](c1ccc(N2C(C(F)(F)F)=CSC2N)cc1)c1nnn[nH]1. The van der Waals surface area contributed by atoms with Crippen LogP contribution in [0.3, 0.4) is 0 Å². The number of H-pyrrole nitrogens is 1. The molecular weight excluding hydrogens is 329 g/mol. The number of hydrogen-bond donors (Lipinski definition) is 2. The van der Waals surface area contributed by atoms with Gasteiger partial charge in [-0.3, -0.25) is 0 Å². The molecule has 2 aromatic rings. The number of thioether (sulfide) groups is 1. The zero-order chi connectivity index (χ0) is 16.6. The van der Waals surface area contributed by atoms with E-state index in [0.717, 1.165) is 27.6 Å². The van der Waals surface area contributed by atoms with Crippen LogP contribution in [0.1, 0.15) is 24.2 Å². The second-order valence-corrected chi connectivity index (χ2v) is 5.99. The molecule has 0 bridgehead atoms. The molecule has 3 N–H and O–H groups in total. The van der Waals surface area contributed by atoms with Crippen LogP contribution in [0.5, 0.6) is 0 Å². The molecule has 23 heavy (non-hydrogen) atoms. The van der Waals surface area contributed by atoms with E-state index in [0.29, 0.717) is 11.5 Å². The summed E-state index contributed by atoms with van der Waals surface area (Å²) in [6, 6.07) is 6.71. The van der Waals surface area contributed by atoms with Crippen molar-refractivity contribution in [2.45, 2.75) is 24.5 Å². The van der Waals surface area contributed by atoms with Crippen molar-refractivity contribution >= 4 is 17.4 Å². The molecule has 1 aliphatic rings. The van der Waals surface area contributed by atoms with Crippen LogP contribution in [0.2, 0.25) is 0 Å². The van der Waals surface area contributed by atoms with E-state index in [2.05, 4.69) is 20.6 Å². The number of nitrogens with two attached hydrogens (primary N) is 1. The molecule has 0 amide bonds. The first-order chi connectivity index (χ1) is 10.9. The minimum absolute atomic E-state index is 0.0988. The van der Waals surface area contributed by atoms with Gasteiger partial charge in [-0.25, -0.2) is 5.10 Å². The van der Waals surface area contributed by atoms with Gasteiger partial charge in [0.2, 0.25) is 0 Å². The number of nitrogens with one attached hydrogen (secondary N) is 1. The minimum Gasteiger partial charge on any atom is -0.311 e. The van der Waals surface area contributed by atoms with Gasteiger partial charge >= 0.3 is 6.18 Å². The molecule has 10 heteroatoms. The predicted molar refractivity (Wildman–Crippen MR) is 80.3 cm³/mol. The van der Waals surface area contributed by atoms with Gasteiger partial charge in [-0.2, -0.15) is 13.2 Å². The van der Waals surface area contributed by atoms with Crippen molar-refractivity contribution in [2.75, 3.05) is 4.90 Å². The van der Waals surface area contributed by atoms with E-state index in [-0.39, 0.29) is 5.92 Å². The average molecular weight is 342 g/mol.